The Balaban J connectivity index is 2.48. The minimum Gasteiger partial charge on any atom is -0.384 e. The van der Waals surface area contributed by atoms with Crippen LogP contribution in [0.15, 0.2) is 24.3 Å². The fraction of sp³-hybridized carbons (Fsp3) is 0.588. The van der Waals surface area contributed by atoms with Crippen molar-refractivity contribution in [3.63, 3.8) is 0 Å². The van der Waals surface area contributed by atoms with Crippen LogP contribution >= 0.6 is 0 Å². The van der Waals surface area contributed by atoms with Crippen LogP contribution in [0.5, 0.6) is 0 Å². The molecule has 0 spiro atoms. The first-order valence-corrected chi connectivity index (χ1v) is 7.58. The number of hydrogen-bond donors (Lipinski definition) is 1. The maximum Gasteiger partial charge on any atom is 0.162 e. The molecule has 0 atom stereocenters. The van der Waals surface area contributed by atoms with Gasteiger partial charge in [-0.05, 0) is 52.0 Å². The van der Waals surface area contributed by atoms with E-state index in [-0.39, 0.29) is 5.78 Å². The first kappa shape index (κ1) is 16.7. The van der Waals surface area contributed by atoms with Crippen LogP contribution in [-0.2, 0) is 0 Å². The van der Waals surface area contributed by atoms with E-state index in [0.29, 0.717) is 18.5 Å². The summed E-state index contributed by atoms with van der Waals surface area (Å²) in [6, 6.07) is 8.88. The summed E-state index contributed by atoms with van der Waals surface area (Å²) in [6.45, 7) is 12.7. The van der Waals surface area contributed by atoms with Crippen LogP contribution in [0, 0.1) is 0 Å². The molecule has 0 radical (unpaired) electrons. The third-order valence-electron chi connectivity index (χ3n) is 3.55. The summed E-state index contributed by atoms with van der Waals surface area (Å²) in [4.78, 5) is 14.0. The van der Waals surface area contributed by atoms with Crippen LogP contribution in [0.3, 0.4) is 0 Å². The van der Waals surface area contributed by atoms with Crippen molar-refractivity contribution in [2.24, 2.45) is 0 Å². The normalized spacial score (nSPS) is 11.4. The maximum atomic E-state index is 11.6. The second kappa shape index (κ2) is 8.05. The molecule has 0 fully saturated rings. The molecule has 0 aliphatic rings. The molecular formula is C17H28N2O. The zero-order valence-electron chi connectivity index (χ0n) is 13.4. The fourth-order valence-electron chi connectivity index (χ4n) is 2.42. The van der Waals surface area contributed by atoms with Gasteiger partial charge in [0, 0.05) is 42.8 Å². The first-order chi connectivity index (χ1) is 9.45. The summed E-state index contributed by atoms with van der Waals surface area (Å²) >= 11 is 0. The van der Waals surface area contributed by atoms with E-state index in [4.69, 9.17) is 0 Å². The van der Waals surface area contributed by atoms with Gasteiger partial charge in [-0.3, -0.25) is 9.69 Å². The van der Waals surface area contributed by atoms with Gasteiger partial charge in [0.2, 0.25) is 0 Å². The van der Waals surface area contributed by atoms with Crippen LogP contribution in [0.2, 0.25) is 0 Å². The molecule has 3 nitrogen and oxygen atoms in total. The standard InChI is InChI=1S/C17H28N2O/c1-6-17(20)15-7-9-16(10-8-15)18-11-12-19(13(2)3)14(4)5/h7-10,13-14,18H,6,11-12H2,1-5H3. The van der Waals surface area contributed by atoms with Crippen molar-refractivity contribution in [2.75, 3.05) is 18.4 Å². The molecule has 0 saturated heterocycles. The van der Waals surface area contributed by atoms with E-state index in [2.05, 4.69) is 37.9 Å². The summed E-state index contributed by atoms with van der Waals surface area (Å²) < 4.78 is 0. The van der Waals surface area contributed by atoms with Crippen LogP contribution in [-0.4, -0.2) is 35.9 Å². The highest BCUT2D eigenvalue weighted by atomic mass is 16.1. The zero-order valence-corrected chi connectivity index (χ0v) is 13.4. The van der Waals surface area contributed by atoms with E-state index in [0.717, 1.165) is 24.3 Å². The van der Waals surface area contributed by atoms with Gasteiger partial charge < -0.3 is 5.32 Å². The maximum absolute atomic E-state index is 11.6. The Bertz CT molecular complexity index is 402. The van der Waals surface area contributed by atoms with Gasteiger partial charge in [-0.1, -0.05) is 6.92 Å². The number of nitrogens with zero attached hydrogens (tertiary/aromatic N) is 1. The molecule has 1 aromatic carbocycles. The summed E-state index contributed by atoms with van der Waals surface area (Å²) in [7, 11) is 0. The van der Waals surface area contributed by atoms with E-state index in [9.17, 15) is 4.79 Å². The van der Waals surface area contributed by atoms with E-state index in [1.54, 1.807) is 0 Å². The largest absolute Gasteiger partial charge is 0.384 e. The van der Waals surface area contributed by atoms with Crippen molar-refractivity contribution in [1.82, 2.24) is 4.90 Å². The molecular weight excluding hydrogens is 248 g/mol. The van der Waals surface area contributed by atoms with Gasteiger partial charge in [-0.25, -0.2) is 0 Å². The molecule has 0 aromatic heterocycles. The second-order valence-corrected chi connectivity index (χ2v) is 5.71. The lowest BCUT2D eigenvalue weighted by atomic mass is 10.1. The van der Waals surface area contributed by atoms with Gasteiger partial charge in [-0.2, -0.15) is 0 Å². The van der Waals surface area contributed by atoms with E-state index >= 15 is 0 Å². The number of benzene rings is 1. The molecule has 0 aliphatic heterocycles. The molecule has 0 amide bonds. The van der Waals surface area contributed by atoms with Crippen molar-refractivity contribution in [2.45, 2.75) is 53.1 Å². The number of Topliss-reactive ketones (excluding diaryl/α,β-unsaturated/α-hetero) is 1. The first-order valence-electron chi connectivity index (χ1n) is 7.58. The van der Waals surface area contributed by atoms with Gasteiger partial charge in [0.05, 0.1) is 0 Å². The van der Waals surface area contributed by atoms with Crippen molar-refractivity contribution in [3.8, 4) is 0 Å². The van der Waals surface area contributed by atoms with Gasteiger partial charge in [0.1, 0.15) is 0 Å². The van der Waals surface area contributed by atoms with Crippen LogP contribution in [0.1, 0.15) is 51.4 Å². The number of carbonyl (C=O) groups is 1. The Kier molecular flexibility index (Phi) is 6.73. The van der Waals surface area contributed by atoms with Crippen molar-refractivity contribution in [3.05, 3.63) is 29.8 Å². The molecule has 0 aliphatic carbocycles. The Labute approximate surface area is 123 Å². The molecule has 1 aromatic rings. The number of hydrogen-bond acceptors (Lipinski definition) is 3. The lowest BCUT2D eigenvalue weighted by molar-refractivity contribution is 0.0988. The molecule has 3 heteroatoms. The summed E-state index contributed by atoms with van der Waals surface area (Å²) in [6.07, 6.45) is 0.560. The average molecular weight is 276 g/mol. The minimum atomic E-state index is 0.197. The minimum absolute atomic E-state index is 0.197. The smallest absolute Gasteiger partial charge is 0.162 e. The summed E-state index contributed by atoms with van der Waals surface area (Å²) in [5.41, 5.74) is 1.87. The van der Waals surface area contributed by atoms with Gasteiger partial charge in [0.15, 0.2) is 5.78 Å². The highest BCUT2D eigenvalue weighted by molar-refractivity contribution is 5.96. The van der Waals surface area contributed by atoms with Crippen molar-refractivity contribution in [1.29, 1.82) is 0 Å². The van der Waals surface area contributed by atoms with Crippen LogP contribution < -0.4 is 5.32 Å². The number of ketones is 1. The topological polar surface area (TPSA) is 32.3 Å². The number of carbonyl (C=O) groups excluding carboxylic acids is 1. The molecule has 1 N–H and O–H groups in total. The average Bonchev–Trinajstić information content (AvgIpc) is 2.42. The van der Waals surface area contributed by atoms with Gasteiger partial charge in [-0.15, -0.1) is 0 Å². The molecule has 1 rings (SSSR count). The Hall–Kier alpha value is -1.35. The number of rotatable bonds is 8. The quantitative estimate of drug-likeness (QED) is 0.733. The highest BCUT2D eigenvalue weighted by Gasteiger charge is 2.12. The number of nitrogens with one attached hydrogen (secondary N) is 1. The van der Waals surface area contributed by atoms with E-state index in [1.165, 1.54) is 0 Å². The molecule has 0 heterocycles. The summed E-state index contributed by atoms with van der Waals surface area (Å²) in [5.74, 6) is 0.197. The SMILES string of the molecule is CCC(=O)c1ccc(NCCN(C(C)C)C(C)C)cc1. The molecule has 20 heavy (non-hydrogen) atoms. The van der Waals surface area contributed by atoms with Crippen molar-refractivity contribution < 1.29 is 4.79 Å². The Morgan fingerprint density at radius 2 is 1.65 bits per heavy atom. The lowest BCUT2D eigenvalue weighted by Crippen LogP contribution is -2.40. The Morgan fingerprint density at radius 3 is 2.10 bits per heavy atom. The van der Waals surface area contributed by atoms with Gasteiger partial charge in [0.25, 0.3) is 0 Å². The predicted octanol–water partition coefficient (Wildman–Crippen LogP) is 3.81. The van der Waals surface area contributed by atoms with Crippen LogP contribution in [0.4, 0.5) is 5.69 Å². The molecule has 0 unspecified atom stereocenters. The second-order valence-electron chi connectivity index (χ2n) is 5.71. The lowest BCUT2D eigenvalue weighted by Gasteiger charge is -2.30. The summed E-state index contributed by atoms with van der Waals surface area (Å²) in [5, 5.41) is 3.42. The van der Waals surface area contributed by atoms with Crippen LogP contribution in [0.25, 0.3) is 0 Å². The monoisotopic (exact) mass is 276 g/mol. The third kappa shape index (κ3) is 4.97. The number of anilines is 1. The molecule has 0 bridgehead atoms. The van der Waals surface area contributed by atoms with E-state index < -0.39 is 0 Å². The fourth-order valence-corrected chi connectivity index (χ4v) is 2.42. The molecule has 0 saturated carbocycles. The molecule has 112 valence electrons. The van der Waals surface area contributed by atoms with Gasteiger partial charge >= 0.3 is 0 Å². The van der Waals surface area contributed by atoms with E-state index in [1.807, 2.05) is 31.2 Å². The highest BCUT2D eigenvalue weighted by Crippen LogP contribution is 2.11. The van der Waals surface area contributed by atoms with Crippen molar-refractivity contribution >= 4 is 11.5 Å². The predicted molar refractivity (Wildman–Crippen MR) is 86.5 cm³/mol. The third-order valence-corrected chi connectivity index (χ3v) is 3.55. The zero-order chi connectivity index (χ0) is 15.1. The Morgan fingerprint density at radius 1 is 1.10 bits per heavy atom.